The average molecular weight is 297 g/mol. The lowest BCUT2D eigenvalue weighted by Gasteiger charge is -2.35. The van der Waals surface area contributed by atoms with Crippen molar-refractivity contribution in [2.75, 3.05) is 13.2 Å². The minimum absolute atomic E-state index is 0.0413. The van der Waals surface area contributed by atoms with E-state index >= 15 is 0 Å². The Morgan fingerprint density at radius 1 is 1.19 bits per heavy atom. The highest BCUT2D eigenvalue weighted by Crippen LogP contribution is 2.35. The van der Waals surface area contributed by atoms with E-state index in [1.54, 1.807) is 0 Å². The molecule has 21 heavy (non-hydrogen) atoms. The molecule has 1 saturated heterocycles. The summed E-state index contributed by atoms with van der Waals surface area (Å²) in [5.74, 6) is -2.54. The van der Waals surface area contributed by atoms with Crippen LogP contribution in [0.4, 0.5) is 8.78 Å². The first-order valence-electron chi connectivity index (χ1n) is 7.12. The van der Waals surface area contributed by atoms with E-state index in [1.165, 1.54) is 0 Å². The average Bonchev–Trinajstić information content (AvgIpc) is 2.90. The molecule has 2 fully saturated rings. The minimum Gasteiger partial charge on any atom is -0.349 e. The molecule has 1 aliphatic heterocycles. The molecule has 1 N–H and O–H groups in total. The summed E-state index contributed by atoms with van der Waals surface area (Å²) in [6, 6.07) is 2.91. The molecular formula is C15H17F2NO3. The number of rotatable bonds is 2. The van der Waals surface area contributed by atoms with Gasteiger partial charge in [0.1, 0.15) is 11.6 Å². The maximum absolute atomic E-state index is 13.6. The molecule has 0 bridgehead atoms. The molecule has 1 saturated carbocycles. The number of hydrogen-bond donors (Lipinski definition) is 1. The molecule has 114 valence electrons. The van der Waals surface area contributed by atoms with Crippen molar-refractivity contribution < 1.29 is 23.0 Å². The lowest BCUT2D eigenvalue weighted by Crippen LogP contribution is -2.44. The van der Waals surface area contributed by atoms with E-state index in [-0.39, 0.29) is 11.6 Å². The van der Waals surface area contributed by atoms with Crippen LogP contribution in [0.15, 0.2) is 18.2 Å². The molecule has 0 atom stereocenters. The molecule has 0 radical (unpaired) electrons. The fourth-order valence-corrected chi connectivity index (χ4v) is 2.92. The molecule has 3 rings (SSSR count). The van der Waals surface area contributed by atoms with Crippen molar-refractivity contribution in [3.05, 3.63) is 35.4 Å². The van der Waals surface area contributed by atoms with Crippen LogP contribution in [0.3, 0.4) is 0 Å². The number of amides is 1. The van der Waals surface area contributed by atoms with Gasteiger partial charge < -0.3 is 14.8 Å². The van der Waals surface area contributed by atoms with Crippen molar-refractivity contribution in [1.29, 1.82) is 0 Å². The number of nitrogens with one attached hydrogen (secondary N) is 1. The molecule has 6 heteroatoms. The van der Waals surface area contributed by atoms with Crippen LogP contribution in [0.5, 0.6) is 0 Å². The summed E-state index contributed by atoms with van der Waals surface area (Å²) in [5.41, 5.74) is -0.134. The lowest BCUT2D eigenvalue weighted by molar-refractivity contribution is -0.179. The molecule has 1 spiro atoms. The smallest absolute Gasteiger partial charge is 0.254 e. The number of carbonyl (C=O) groups excluding carboxylic acids is 1. The van der Waals surface area contributed by atoms with E-state index < -0.39 is 23.3 Å². The zero-order valence-electron chi connectivity index (χ0n) is 11.5. The Morgan fingerprint density at radius 3 is 2.48 bits per heavy atom. The van der Waals surface area contributed by atoms with E-state index in [0.29, 0.717) is 45.0 Å². The second kappa shape index (κ2) is 5.69. The van der Waals surface area contributed by atoms with Crippen LogP contribution in [-0.2, 0) is 9.47 Å². The molecule has 0 aromatic heterocycles. The van der Waals surface area contributed by atoms with Crippen LogP contribution in [0.1, 0.15) is 36.0 Å². The summed E-state index contributed by atoms with van der Waals surface area (Å²) >= 11 is 0. The molecule has 2 aliphatic rings. The van der Waals surface area contributed by atoms with Gasteiger partial charge in [0.25, 0.3) is 5.91 Å². The summed E-state index contributed by atoms with van der Waals surface area (Å²) in [4.78, 5) is 12.0. The van der Waals surface area contributed by atoms with Gasteiger partial charge in [0, 0.05) is 24.9 Å². The van der Waals surface area contributed by atoms with Crippen molar-refractivity contribution in [3.8, 4) is 0 Å². The fourth-order valence-electron chi connectivity index (χ4n) is 2.92. The maximum atomic E-state index is 13.6. The summed E-state index contributed by atoms with van der Waals surface area (Å²) in [5, 5.41) is 2.79. The van der Waals surface area contributed by atoms with E-state index in [1.807, 2.05) is 0 Å². The molecule has 1 aromatic rings. The monoisotopic (exact) mass is 297 g/mol. The van der Waals surface area contributed by atoms with Crippen LogP contribution in [-0.4, -0.2) is 30.9 Å². The molecule has 0 unspecified atom stereocenters. The highest BCUT2D eigenvalue weighted by molar-refractivity contribution is 5.94. The highest BCUT2D eigenvalue weighted by atomic mass is 19.1. The number of benzene rings is 1. The molecular weight excluding hydrogens is 280 g/mol. The van der Waals surface area contributed by atoms with Gasteiger partial charge in [0.05, 0.1) is 18.8 Å². The van der Waals surface area contributed by atoms with Gasteiger partial charge in [-0.2, -0.15) is 0 Å². The summed E-state index contributed by atoms with van der Waals surface area (Å²) < 4.78 is 37.6. The molecule has 1 amide bonds. The highest BCUT2D eigenvalue weighted by Gasteiger charge is 2.40. The van der Waals surface area contributed by atoms with Gasteiger partial charge >= 0.3 is 0 Å². The summed E-state index contributed by atoms with van der Waals surface area (Å²) in [6.45, 7) is 1.22. The van der Waals surface area contributed by atoms with Gasteiger partial charge in [0.15, 0.2) is 5.79 Å². The third-order valence-electron chi connectivity index (χ3n) is 4.07. The van der Waals surface area contributed by atoms with Crippen LogP contribution < -0.4 is 5.32 Å². The Hall–Kier alpha value is -1.53. The van der Waals surface area contributed by atoms with Crippen molar-refractivity contribution in [2.45, 2.75) is 37.5 Å². The largest absolute Gasteiger partial charge is 0.349 e. The Labute approximate surface area is 121 Å². The Bertz CT molecular complexity index is 534. The topological polar surface area (TPSA) is 47.6 Å². The van der Waals surface area contributed by atoms with Crippen LogP contribution in [0.2, 0.25) is 0 Å². The fraction of sp³-hybridized carbons (Fsp3) is 0.533. The Morgan fingerprint density at radius 2 is 1.86 bits per heavy atom. The third-order valence-corrected chi connectivity index (χ3v) is 4.07. The van der Waals surface area contributed by atoms with Gasteiger partial charge in [-0.15, -0.1) is 0 Å². The molecule has 1 aliphatic carbocycles. The second-order valence-corrected chi connectivity index (χ2v) is 5.48. The third kappa shape index (κ3) is 3.06. The Kier molecular flexibility index (Phi) is 3.91. The van der Waals surface area contributed by atoms with Crippen molar-refractivity contribution in [2.24, 2.45) is 0 Å². The predicted molar refractivity (Wildman–Crippen MR) is 70.7 cm³/mol. The van der Waals surface area contributed by atoms with Crippen LogP contribution in [0, 0.1) is 11.6 Å². The number of halogens is 2. The standard InChI is InChI=1S/C15H17F2NO3/c16-10-1-2-12(13(17)9-10)14(19)18-11-3-5-15(6-4-11)20-7-8-21-15/h1-2,9,11H,3-8H2,(H,18,19). The van der Waals surface area contributed by atoms with E-state index in [4.69, 9.17) is 9.47 Å². The quantitative estimate of drug-likeness (QED) is 0.911. The van der Waals surface area contributed by atoms with Gasteiger partial charge in [0.2, 0.25) is 0 Å². The number of carbonyl (C=O) groups is 1. The Balaban J connectivity index is 1.58. The molecule has 4 nitrogen and oxygen atoms in total. The first kappa shape index (κ1) is 14.4. The maximum Gasteiger partial charge on any atom is 0.254 e. The summed E-state index contributed by atoms with van der Waals surface area (Å²) in [7, 11) is 0. The van der Waals surface area contributed by atoms with Gasteiger partial charge in [-0.25, -0.2) is 8.78 Å². The predicted octanol–water partition coefficient (Wildman–Crippen LogP) is 2.38. The number of ether oxygens (including phenoxy) is 2. The summed E-state index contributed by atoms with van der Waals surface area (Å²) in [6.07, 6.45) is 2.86. The zero-order chi connectivity index (χ0) is 14.9. The molecule has 1 aromatic carbocycles. The SMILES string of the molecule is O=C(NC1CCC2(CC1)OCCO2)c1ccc(F)cc1F. The van der Waals surface area contributed by atoms with Crippen molar-refractivity contribution in [1.82, 2.24) is 5.32 Å². The molecule has 1 heterocycles. The lowest BCUT2D eigenvalue weighted by atomic mass is 9.90. The van der Waals surface area contributed by atoms with Crippen molar-refractivity contribution in [3.63, 3.8) is 0 Å². The first-order chi connectivity index (χ1) is 10.1. The normalized spacial score (nSPS) is 21.6. The van der Waals surface area contributed by atoms with E-state index in [0.717, 1.165) is 12.1 Å². The zero-order valence-corrected chi connectivity index (χ0v) is 11.5. The van der Waals surface area contributed by atoms with E-state index in [2.05, 4.69) is 5.32 Å². The van der Waals surface area contributed by atoms with Gasteiger partial charge in [-0.3, -0.25) is 4.79 Å². The van der Waals surface area contributed by atoms with Crippen molar-refractivity contribution >= 4 is 5.91 Å². The van der Waals surface area contributed by atoms with Crippen LogP contribution in [0.25, 0.3) is 0 Å². The number of hydrogen-bond acceptors (Lipinski definition) is 3. The van der Waals surface area contributed by atoms with E-state index in [9.17, 15) is 13.6 Å². The first-order valence-corrected chi connectivity index (χ1v) is 7.12. The second-order valence-electron chi connectivity index (χ2n) is 5.48. The van der Waals surface area contributed by atoms with Gasteiger partial charge in [-0.05, 0) is 25.0 Å². The minimum atomic E-state index is -0.845. The van der Waals surface area contributed by atoms with Crippen LogP contribution >= 0.6 is 0 Å². The van der Waals surface area contributed by atoms with Gasteiger partial charge in [-0.1, -0.05) is 0 Å².